The van der Waals surface area contributed by atoms with Crippen molar-refractivity contribution in [3.8, 4) is 0 Å². The van der Waals surface area contributed by atoms with Gasteiger partial charge in [0.15, 0.2) is 17.5 Å². The molecule has 1 unspecified atom stereocenters. The van der Waals surface area contributed by atoms with Crippen molar-refractivity contribution in [3.05, 3.63) is 51.7 Å². The van der Waals surface area contributed by atoms with Gasteiger partial charge in [-0.2, -0.15) is 0 Å². The van der Waals surface area contributed by atoms with Crippen LogP contribution in [0.2, 0.25) is 0 Å². The highest BCUT2D eigenvalue weighted by Crippen LogP contribution is 2.25. The van der Waals surface area contributed by atoms with Crippen LogP contribution in [0.4, 0.5) is 13.2 Å². The lowest BCUT2D eigenvalue weighted by molar-refractivity contribution is 0.425. The van der Waals surface area contributed by atoms with Gasteiger partial charge in [0.1, 0.15) is 0 Å². The maximum atomic E-state index is 13.8. The molecule has 1 N–H and O–H groups in total. The average molecular weight is 286 g/mol. The summed E-state index contributed by atoms with van der Waals surface area (Å²) in [6.07, 6.45) is 2.10. The van der Waals surface area contributed by atoms with E-state index in [4.69, 9.17) is 0 Å². The molecule has 1 aromatic heterocycles. The summed E-state index contributed by atoms with van der Waals surface area (Å²) in [5.41, 5.74) is 0.121. The Balaban J connectivity index is 2.31. The summed E-state index contributed by atoms with van der Waals surface area (Å²) < 4.78 is 40.0. The van der Waals surface area contributed by atoms with Gasteiger partial charge in [-0.25, -0.2) is 18.2 Å². The van der Waals surface area contributed by atoms with E-state index in [2.05, 4.69) is 10.3 Å². The number of nitrogens with zero attached hydrogens (tertiary/aromatic N) is 1. The SMILES string of the molecule is CCNC(Cc1nccs1)c1ccc(F)c(F)c1F. The third-order valence-corrected chi connectivity index (χ3v) is 3.56. The highest BCUT2D eigenvalue weighted by atomic mass is 32.1. The molecule has 102 valence electrons. The first-order chi connectivity index (χ1) is 9.13. The predicted molar refractivity (Wildman–Crippen MR) is 68.6 cm³/mol. The van der Waals surface area contributed by atoms with E-state index in [-0.39, 0.29) is 5.56 Å². The molecule has 1 aromatic carbocycles. The minimum absolute atomic E-state index is 0.121. The van der Waals surface area contributed by atoms with Crippen LogP contribution in [0.25, 0.3) is 0 Å². The smallest absolute Gasteiger partial charge is 0.194 e. The second kappa shape index (κ2) is 6.16. The highest BCUT2D eigenvalue weighted by molar-refractivity contribution is 7.09. The van der Waals surface area contributed by atoms with E-state index in [9.17, 15) is 13.2 Å². The van der Waals surface area contributed by atoms with Crippen molar-refractivity contribution < 1.29 is 13.2 Å². The Morgan fingerprint density at radius 1 is 1.26 bits per heavy atom. The molecule has 0 amide bonds. The molecule has 2 rings (SSSR count). The van der Waals surface area contributed by atoms with Gasteiger partial charge in [-0.15, -0.1) is 11.3 Å². The van der Waals surface area contributed by atoms with Crippen molar-refractivity contribution in [1.82, 2.24) is 10.3 Å². The lowest BCUT2D eigenvalue weighted by atomic mass is 10.0. The minimum atomic E-state index is -1.43. The molecule has 0 fully saturated rings. The lowest BCUT2D eigenvalue weighted by Gasteiger charge is -2.18. The number of thiazole rings is 1. The third-order valence-electron chi connectivity index (χ3n) is 2.75. The molecule has 2 aromatic rings. The molecule has 6 heteroatoms. The zero-order chi connectivity index (χ0) is 13.8. The summed E-state index contributed by atoms with van der Waals surface area (Å²) in [4.78, 5) is 4.12. The fraction of sp³-hybridized carbons (Fsp3) is 0.308. The van der Waals surface area contributed by atoms with Crippen LogP contribution in [0.15, 0.2) is 23.7 Å². The molecule has 0 aliphatic rings. The standard InChI is InChI=1S/C13H13F3N2S/c1-2-17-10(7-11-18-5-6-19-11)8-3-4-9(14)13(16)12(8)15/h3-6,10,17H,2,7H2,1H3. The van der Waals surface area contributed by atoms with Gasteiger partial charge in [0.2, 0.25) is 0 Å². The maximum Gasteiger partial charge on any atom is 0.194 e. The molecule has 0 radical (unpaired) electrons. The molecule has 0 aliphatic carbocycles. The van der Waals surface area contributed by atoms with Crippen LogP contribution in [0, 0.1) is 17.5 Å². The van der Waals surface area contributed by atoms with E-state index >= 15 is 0 Å². The maximum absolute atomic E-state index is 13.8. The summed E-state index contributed by atoms with van der Waals surface area (Å²) in [5.74, 6) is -3.74. The van der Waals surface area contributed by atoms with Crippen LogP contribution in [-0.2, 0) is 6.42 Å². The summed E-state index contributed by atoms with van der Waals surface area (Å²) in [6, 6.07) is 1.79. The molecule has 0 saturated carbocycles. The summed E-state index contributed by atoms with van der Waals surface area (Å²) in [5, 5.41) is 5.70. The number of rotatable bonds is 5. The number of hydrogen-bond donors (Lipinski definition) is 1. The highest BCUT2D eigenvalue weighted by Gasteiger charge is 2.21. The first-order valence-corrected chi connectivity index (χ1v) is 6.76. The first-order valence-electron chi connectivity index (χ1n) is 5.88. The fourth-order valence-corrected chi connectivity index (χ4v) is 2.54. The molecular formula is C13H13F3N2S. The Kier molecular flexibility index (Phi) is 4.55. The largest absolute Gasteiger partial charge is 0.310 e. The molecule has 0 bridgehead atoms. The molecule has 0 saturated heterocycles. The number of likely N-dealkylation sites (N-methyl/N-ethyl adjacent to an activating group) is 1. The van der Waals surface area contributed by atoms with Gasteiger partial charge in [-0.3, -0.25) is 0 Å². The van der Waals surface area contributed by atoms with Crippen molar-refractivity contribution in [2.45, 2.75) is 19.4 Å². The zero-order valence-corrected chi connectivity index (χ0v) is 11.1. The summed E-state index contributed by atoms with van der Waals surface area (Å²) in [6.45, 7) is 2.46. The minimum Gasteiger partial charge on any atom is -0.310 e. The Morgan fingerprint density at radius 3 is 2.68 bits per heavy atom. The van der Waals surface area contributed by atoms with E-state index in [1.807, 2.05) is 12.3 Å². The lowest BCUT2D eigenvalue weighted by Crippen LogP contribution is -2.24. The predicted octanol–water partition coefficient (Wildman–Crippen LogP) is 3.45. The molecule has 19 heavy (non-hydrogen) atoms. The van der Waals surface area contributed by atoms with Crippen molar-refractivity contribution in [1.29, 1.82) is 0 Å². The zero-order valence-electron chi connectivity index (χ0n) is 10.3. The second-order valence-corrected chi connectivity index (χ2v) is 4.98. The van der Waals surface area contributed by atoms with E-state index in [0.717, 1.165) is 11.1 Å². The molecule has 0 spiro atoms. The Labute approximate surface area is 113 Å². The fourth-order valence-electron chi connectivity index (χ4n) is 1.88. The van der Waals surface area contributed by atoms with Gasteiger partial charge in [-0.05, 0) is 12.6 Å². The average Bonchev–Trinajstić information content (AvgIpc) is 2.89. The molecule has 0 aliphatic heterocycles. The third kappa shape index (κ3) is 3.13. The van der Waals surface area contributed by atoms with Crippen LogP contribution in [0.5, 0.6) is 0 Å². The van der Waals surface area contributed by atoms with E-state index in [1.165, 1.54) is 17.4 Å². The van der Waals surface area contributed by atoms with Crippen LogP contribution in [0.1, 0.15) is 23.5 Å². The quantitative estimate of drug-likeness (QED) is 0.852. The van der Waals surface area contributed by atoms with E-state index in [1.54, 1.807) is 6.20 Å². The van der Waals surface area contributed by atoms with Crippen molar-refractivity contribution in [2.75, 3.05) is 6.54 Å². The van der Waals surface area contributed by atoms with Gasteiger partial charge < -0.3 is 5.32 Å². The van der Waals surface area contributed by atoms with Gasteiger partial charge in [0, 0.05) is 29.6 Å². The van der Waals surface area contributed by atoms with Crippen LogP contribution >= 0.6 is 11.3 Å². The second-order valence-electron chi connectivity index (χ2n) is 4.00. The van der Waals surface area contributed by atoms with Gasteiger partial charge >= 0.3 is 0 Å². The van der Waals surface area contributed by atoms with E-state index in [0.29, 0.717) is 13.0 Å². The molecular weight excluding hydrogens is 273 g/mol. The number of benzene rings is 1. The normalized spacial score (nSPS) is 12.6. The first kappa shape index (κ1) is 14.0. The summed E-state index contributed by atoms with van der Waals surface area (Å²) >= 11 is 1.44. The number of hydrogen-bond acceptors (Lipinski definition) is 3. The number of aromatic nitrogens is 1. The van der Waals surface area contributed by atoms with Gasteiger partial charge in [0.25, 0.3) is 0 Å². The van der Waals surface area contributed by atoms with Crippen LogP contribution < -0.4 is 5.32 Å². The van der Waals surface area contributed by atoms with Crippen LogP contribution in [-0.4, -0.2) is 11.5 Å². The van der Waals surface area contributed by atoms with Gasteiger partial charge in [0.05, 0.1) is 5.01 Å². The Hall–Kier alpha value is -1.40. The van der Waals surface area contributed by atoms with Gasteiger partial charge in [-0.1, -0.05) is 13.0 Å². The van der Waals surface area contributed by atoms with Crippen molar-refractivity contribution in [2.24, 2.45) is 0 Å². The van der Waals surface area contributed by atoms with Crippen molar-refractivity contribution >= 4 is 11.3 Å². The van der Waals surface area contributed by atoms with Crippen LogP contribution in [0.3, 0.4) is 0 Å². The molecule has 1 atom stereocenters. The molecule has 2 nitrogen and oxygen atoms in total. The number of nitrogens with one attached hydrogen (secondary N) is 1. The number of halogens is 3. The Morgan fingerprint density at radius 2 is 2.05 bits per heavy atom. The topological polar surface area (TPSA) is 24.9 Å². The molecule has 1 heterocycles. The monoisotopic (exact) mass is 286 g/mol. The van der Waals surface area contributed by atoms with Crippen molar-refractivity contribution in [3.63, 3.8) is 0 Å². The Bertz CT molecular complexity index is 543. The van der Waals surface area contributed by atoms with E-state index < -0.39 is 23.5 Å². The summed E-state index contributed by atoms with van der Waals surface area (Å²) in [7, 11) is 0.